The minimum Gasteiger partial charge on any atom is -0.445 e. The van der Waals surface area contributed by atoms with Crippen LogP contribution in [0.2, 0.25) is 0 Å². The first-order chi connectivity index (χ1) is 23.0. The molecule has 0 aliphatic carbocycles. The predicted octanol–water partition coefficient (Wildman–Crippen LogP) is 7.48. The van der Waals surface area contributed by atoms with Crippen LogP contribution in [-0.2, 0) is 22.5 Å². The van der Waals surface area contributed by atoms with E-state index in [1.54, 1.807) is 45.0 Å². The van der Waals surface area contributed by atoms with Gasteiger partial charge in [0.15, 0.2) is 5.82 Å². The standard InChI is InChI=1S/C38H36F3N3O4/c1-38(2,3)48-36(45)43-19-20-44(37(46)47-25-26-7-5-4-6-8-26)32(24-43)17-18-33-29(22-42-23-35(33)41)21-34(27-9-13-30(39)14-10-27)28-11-15-31(40)16-12-28/h4-16,22-23,32,34H,19-21,24-25H2,1-3H3. The lowest BCUT2D eigenvalue weighted by Crippen LogP contribution is -2.56. The summed E-state index contributed by atoms with van der Waals surface area (Å²) in [5.41, 5.74) is 2.06. The second-order valence-electron chi connectivity index (χ2n) is 12.5. The van der Waals surface area contributed by atoms with Crippen molar-refractivity contribution in [3.63, 3.8) is 0 Å². The van der Waals surface area contributed by atoms with Gasteiger partial charge in [-0.25, -0.2) is 22.8 Å². The zero-order valence-electron chi connectivity index (χ0n) is 27.0. The number of piperazine rings is 1. The zero-order chi connectivity index (χ0) is 34.3. The van der Waals surface area contributed by atoms with Crippen molar-refractivity contribution in [2.45, 2.75) is 51.4 Å². The lowest BCUT2D eigenvalue weighted by molar-refractivity contribution is 0.00708. The first-order valence-corrected chi connectivity index (χ1v) is 15.6. The summed E-state index contributed by atoms with van der Waals surface area (Å²) in [5, 5.41) is 0. The van der Waals surface area contributed by atoms with E-state index in [-0.39, 0.29) is 38.2 Å². The normalized spacial score (nSPS) is 14.7. The molecule has 248 valence electrons. The summed E-state index contributed by atoms with van der Waals surface area (Å²) in [6, 6.07) is 20.2. The lowest BCUT2D eigenvalue weighted by Gasteiger charge is -2.38. The van der Waals surface area contributed by atoms with Crippen molar-refractivity contribution in [3.05, 3.63) is 137 Å². The molecule has 4 aromatic rings. The average molecular weight is 656 g/mol. The number of hydrogen-bond acceptors (Lipinski definition) is 5. The molecule has 0 radical (unpaired) electrons. The number of rotatable bonds is 6. The molecule has 0 saturated carbocycles. The maximum absolute atomic E-state index is 15.5. The molecular formula is C38H36F3N3O4. The largest absolute Gasteiger partial charge is 0.445 e. The van der Waals surface area contributed by atoms with Gasteiger partial charge in [-0.2, -0.15) is 0 Å². The van der Waals surface area contributed by atoms with Crippen LogP contribution in [0.5, 0.6) is 0 Å². The van der Waals surface area contributed by atoms with E-state index in [2.05, 4.69) is 16.8 Å². The molecule has 0 N–H and O–H groups in total. The monoisotopic (exact) mass is 655 g/mol. The molecule has 1 saturated heterocycles. The quantitative estimate of drug-likeness (QED) is 0.202. The third-order valence-electron chi connectivity index (χ3n) is 7.78. The van der Waals surface area contributed by atoms with Gasteiger partial charge in [-0.05, 0) is 73.7 Å². The molecule has 5 rings (SSSR count). The summed E-state index contributed by atoms with van der Waals surface area (Å²) < 4.78 is 54.2. The second-order valence-corrected chi connectivity index (χ2v) is 12.5. The molecule has 0 bridgehead atoms. The Morgan fingerprint density at radius 1 is 0.875 bits per heavy atom. The van der Waals surface area contributed by atoms with Crippen molar-refractivity contribution in [2.24, 2.45) is 0 Å². The molecule has 1 unspecified atom stereocenters. The van der Waals surface area contributed by atoms with Crippen molar-refractivity contribution in [1.82, 2.24) is 14.8 Å². The Balaban J connectivity index is 1.46. The number of pyridine rings is 1. The Morgan fingerprint density at radius 3 is 2.10 bits per heavy atom. The summed E-state index contributed by atoms with van der Waals surface area (Å²) in [6.45, 7) is 5.66. The van der Waals surface area contributed by atoms with Crippen LogP contribution in [0.3, 0.4) is 0 Å². The van der Waals surface area contributed by atoms with Crippen molar-refractivity contribution in [1.29, 1.82) is 0 Å². The van der Waals surface area contributed by atoms with E-state index in [1.165, 1.54) is 40.3 Å². The maximum atomic E-state index is 15.5. The van der Waals surface area contributed by atoms with E-state index in [1.807, 2.05) is 30.3 Å². The minimum absolute atomic E-state index is 0.0121. The van der Waals surface area contributed by atoms with Gasteiger partial charge in [-0.3, -0.25) is 9.88 Å². The van der Waals surface area contributed by atoms with Crippen LogP contribution in [0.25, 0.3) is 0 Å². The van der Waals surface area contributed by atoms with Crippen molar-refractivity contribution in [3.8, 4) is 11.8 Å². The smallest absolute Gasteiger partial charge is 0.411 e. The highest BCUT2D eigenvalue weighted by Gasteiger charge is 2.34. The van der Waals surface area contributed by atoms with Crippen LogP contribution in [0.4, 0.5) is 22.8 Å². The van der Waals surface area contributed by atoms with Crippen LogP contribution < -0.4 is 0 Å². The molecule has 48 heavy (non-hydrogen) atoms. The third-order valence-corrected chi connectivity index (χ3v) is 7.78. The molecule has 2 amide bonds. The van der Waals surface area contributed by atoms with Gasteiger partial charge < -0.3 is 14.4 Å². The number of carbonyl (C=O) groups is 2. The molecule has 3 aromatic carbocycles. The van der Waals surface area contributed by atoms with E-state index < -0.39 is 47.2 Å². The SMILES string of the molecule is CC(C)(C)OC(=O)N1CCN(C(=O)OCc2ccccc2)C(C#Cc2c(F)cncc2CC(c2ccc(F)cc2)c2ccc(F)cc2)C1. The molecule has 7 nitrogen and oxygen atoms in total. The van der Waals surface area contributed by atoms with Crippen LogP contribution >= 0.6 is 0 Å². The molecular weight excluding hydrogens is 619 g/mol. The first kappa shape index (κ1) is 34.0. The van der Waals surface area contributed by atoms with Crippen LogP contribution in [0, 0.1) is 29.3 Å². The molecule has 2 heterocycles. The molecule has 1 aliphatic rings. The van der Waals surface area contributed by atoms with Gasteiger partial charge in [0.1, 0.15) is 29.9 Å². The first-order valence-electron chi connectivity index (χ1n) is 15.6. The predicted molar refractivity (Wildman–Crippen MR) is 174 cm³/mol. The number of aromatic nitrogens is 1. The second kappa shape index (κ2) is 15.1. The lowest BCUT2D eigenvalue weighted by atomic mass is 9.85. The maximum Gasteiger partial charge on any atom is 0.411 e. The van der Waals surface area contributed by atoms with Gasteiger partial charge in [-0.15, -0.1) is 0 Å². The van der Waals surface area contributed by atoms with E-state index in [9.17, 15) is 18.4 Å². The van der Waals surface area contributed by atoms with Gasteiger partial charge in [0.05, 0.1) is 18.3 Å². The van der Waals surface area contributed by atoms with Gasteiger partial charge in [0.25, 0.3) is 0 Å². The zero-order valence-corrected chi connectivity index (χ0v) is 27.0. The number of ether oxygens (including phenoxy) is 2. The van der Waals surface area contributed by atoms with Crippen LogP contribution in [-0.4, -0.2) is 58.2 Å². The number of carbonyl (C=O) groups excluding carboxylic acids is 2. The molecule has 1 atom stereocenters. The molecule has 1 aliphatic heterocycles. The van der Waals surface area contributed by atoms with E-state index in [0.717, 1.165) is 22.9 Å². The Labute approximate surface area is 278 Å². The Kier molecular flexibility index (Phi) is 10.7. The van der Waals surface area contributed by atoms with Crippen molar-refractivity contribution in [2.75, 3.05) is 19.6 Å². The molecule has 1 fully saturated rings. The van der Waals surface area contributed by atoms with E-state index in [0.29, 0.717) is 5.56 Å². The van der Waals surface area contributed by atoms with Crippen molar-refractivity contribution >= 4 is 12.2 Å². The number of nitrogens with zero attached hydrogens (tertiary/aromatic N) is 3. The fourth-order valence-corrected chi connectivity index (χ4v) is 5.38. The fraction of sp³-hybridized carbons (Fsp3) is 0.289. The highest BCUT2D eigenvalue weighted by molar-refractivity contribution is 5.71. The van der Waals surface area contributed by atoms with Gasteiger partial charge >= 0.3 is 12.2 Å². The van der Waals surface area contributed by atoms with E-state index in [4.69, 9.17) is 9.47 Å². The molecule has 1 aromatic heterocycles. The summed E-state index contributed by atoms with van der Waals surface area (Å²) >= 11 is 0. The third kappa shape index (κ3) is 8.94. The number of halogens is 3. The van der Waals surface area contributed by atoms with E-state index >= 15 is 4.39 Å². The Bertz CT molecular complexity index is 1740. The Morgan fingerprint density at radius 2 is 1.50 bits per heavy atom. The summed E-state index contributed by atoms with van der Waals surface area (Å²) in [6.07, 6.45) is 1.60. The minimum atomic E-state index is -0.847. The number of amides is 2. The highest BCUT2D eigenvalue weighted by atomic mass is 19.1. The van der Waals surface area contributed by atoms with Gasteiger partial charge in [-0.1, -0.05) is 66.4 Å². The fourth-order valence-electron chi connectivity index (χ4n) is 5.38. The van der Waals surface area contributed by atoms with Crippen LogP contribution in [0.15, 0.2) is 91.3 Å². The summed E-state index contributed by atoms with van der Waals surface area (Å²) in [4.78, 5) is 33.2. The van der Waals surface area contributed by atoms with Gasteiger partial charge in [0.2, 0.25) is 0 Å². The van der Waals surface area contributed by atoms with Gasteiger partial charge in [0, 0.05) is 25.2 Å². The molecule has 10 heteroatoms. The number of benzene rings is 3. The van der Waals surface area contributed by atoms with Crippen LogP contribution in [0.1, 0.15) is 54.5 Å². The molecule has 0 spiro atoms. The number of hydrogen-bond donors (Lipinski definition) is 0. The summed E-state index contributed by atoms with van der Waals surface area (Å²) in [5.74, 6) is 4.06. The Hall–Kier alpha value is -5.30. The summed E-state index contributed by atoms with van der Waals surface area (Å²) in [7, 11) is 0. The average Bonchev–Trinajstić information content (AvgIpc) is 3.06. The highest BCUT2D eigenvalue weighted by Crippen LogP contribution is 2.30. The topological polar surface area (TPSA) is 72.0 Å². The van der Waals surface area contributed by atoms with Crippen molar-refractivity contribution < 1.29 is 32.2 Å².